The van der Waals surface area contributed by atoms with E-state index in [9.17, 15) is 4.79 Å². The molecule has 3 heteroatoms. The van der Waals surface area contributed by atoms with Gasteiger partial charge in [0.1, 0.15) is 5.78 Å². The van der Waals surface area contributed by atoms with Gasteiger partial charge in [-0.05, 0) is 37.1 Å². The van der Waals surface area contributed by atoms with Crippen molar-refractivity contribution in [1.29, 1.82) is 0 Å². The van der Waals surface area contributed by atoms with E-state index in [4.69, 9.17) is 11.6 Å². The summed E-state index contributed by atoms with van der Waals surface area (Å²) in [7, 11) is 0. The van der Waals surface area contributed by atoms with Crippen LogP contribution in [0.1, 0.15) is 25.7 Å². The SMILES string of the molecule is O=C1CC2CCC(C1)N2c1ccc(Cl)cc1. The summed E-state index contributed by atoms with van der Waals surface area (Å²) in [6.45, 7) is 0. The number of benzene rings is 1. The van der Waals surface area contributed by atoms with Crippen LogP contribution in [0.2, 0.25) is 5.02 Å². The smallest absolute Gasteiger partial charge is 0.137 e. The number of piperidine rings is 1. The molecule has 2 aliphatic heterocycles. The fourth-order valence-electron chi connectivity index (χ4n) is 3.01. The van der Waals surface area contributed by atoms with E-state index in [1.807, 2.05) is 12.1 Å². The second-order valence-electron chi connectivity index (χ2n) is 4.72. The summed E-state index contributed by atoms with van der Waals surface area (Å²) in [5.41, 5.74) is 1.21. The number of hydrogen-bond donors (Lipinski definition) is 0. The van der Waals surface area contributed by atoms with E-state index in [1.54, 1.807) is 0 Å². The Bertz CT molecular complexity index is 398. The number of Topliss-reactive ketones (excluding diaryl/α,β-unsaturated/α-hetero) is 1. The van der Waals surface area contributed by atoms with Crippen molar-refractivity contribution in [3.05, 3.63) is 29.3 Å². The molecule has 84 valence electrons. The van der Waals surface area contributed by atoms with E-state index in [0.29, 0.717) is 17.9 Å². The summed E-state index contributed by atoms with van der Waals surface area (Å²) in [6, 6.07) is 8.81. The Kier molecular flexibility index (Phi) is 2.40. The molecule has 2 fully saturated rings. The average Bonchev–Trinajstić information content (AvgIpc) is 2.54. The molecule has 0 amide bonds. The lowest BCUT2D eigenvalue weighted by atomic mass is 10.0. The lowest BCUT2D eigenvalue weighted by Gasteiger charge is -2.36. The zero-order chi connectivity index (χ0) is 11.1. The second kappa shape index (κ2) is 3.77. The maximum Gasteiger partial charge on any atom is 0.137 e. The van der Waals surface area contributed by atoms with Gasteiger partial charge in [-0.15, -0.1) is 0 Å². The fraction of sp³-hybridized carbons (Fsp3) is 0.462. The highest BCUT2D eigenvalue weighted by Gasteiger charge is 2.39. The molecule has 2 bridgehead atoms. The number of halogens is 1. The Morgan fingerprint density at radius 2 is 1.62 bits per heavy atom. The summed E-state index contributed by atoms with van der Waals surface area (Å²) in [5.74, 6) is 0.428. The van der Waals surface area contributed by atoms with Gasteiger partial charge in [-0.2, -0.15) is 0 Å². The molecule has 0 saturated carbocycles. The van der Waals surface area contributed by atoms with E-state index < -0.39 is 0 Å². The van der Waals surface area contributed by atoms with Crippen LogP contribution in [0.4, 0.5) is 5.69 Å². The van der Waals surface area contributed by atoms with Crippen LogP contribution in [0.3, 0.4) is 0 Å². The van der Waals surface area contributed by atoms with Gasteiger partial charge in [0.05, 0.1) is 0 Å². The highest BCUT2D eigenvalue weighted by molar-refractivity contribution is 6.30. The Morgan fingerprint density at radius 1 is 1.06 bits per heavy atom. The van der Waals surface area contributed by atoms with Crippen LogP contribution < -0.4 is 4.90 Å². The lowest BCUT2D eigenvalue weighted by Crippen LogP contribution is -2.43. The third kappa shape index (κ3) is 1.61. The molecule has 0 aromatic heterocycles. The van der Waals surface area contributed by atoms with Crippen LogP contribution in [0.15, 0.2) is 24.3 Å². The second-order valence-corrected chi connectivity index (χ2v) is 5.15. The first kappa shape index (κ1) is 10.2. The Hall–Kier alpha value is -1.02. The molecule has 3 rings (SSSR count). The summed E-state index contributed by atoms with van der Waals surface area (Å²) < 4.78 is 0. The maximum atomic E-state index is 11.5. The highest BCUT2D eigenvalue weighted by atomic mass is 35.5. The minimum Gasteiger partial charge on any atom is -0.365 e. The lowest BCUT2D eigenvalue weighted by molar-refractivity contribution is -0.120. The quantitative estimate of drug-likeness (QED) is 0.746. The largest absolute Gasteiger partial charge is 0.365 e. The molecular formula is C13H14ClNO. The number of rotatable bonds is 1. The standard InChI is InChI=1S/C13H14ClNO/c14-9-1-3-10(4-2-9)15-11-5-6-12(15)8-13(16)7-11/h1-4,11-12H,5-8H2. The Labute approximate surface area is 100 Å². The molecule has 2 aliphatic rings. The van der Waals surface area contributed by atoms with Gasteiger partial charge in [0.25, 0.3) is 0 Å². The first-order valence-corrected chi connectivity index (χ1v) is 6.17. The minimum atomic E-state index is 0.424. The van der Waals surface area contributed by atoms with E-state index in [0.717, 1.165) is 30.7 Å². The third-order valence-corrected chi connectivity index (χ3v) is 3.92. The zero-order valence-corrected chi connectivity index (χ0v) is 9.78. The Morgan fingerprint density at radius 3 is 2.19 bits per heavy atom. The molecule has 1 aromatic rings. The molecule has 2 nitrogen and oxygen atoms in total. The van der Waals surface area contributed by atoms with Crippen molar-refractivity contribution in [1.82, 2.24) is 0 Å². The number of ketones is 1. The molecule has 2 unspecified atom stereocenters. The van der Waals surface area contributed by atoms with Gasteiger partial charge in [0.2, 0.25) is 0 Å². The van der Waals surface area contributed by atoms with Crippen LogP contribution in [0.5, 0.6) is 0 Å². The molecule has 1 aromatic carbocycles. The van der Waals surface area contributed by atoms with Crippen molar-refractivity contribution < 1.29 is 4.79 Å². The molecule has 2 atom stereocenters. The van der Waals surface area contributed by atoms with Crippen molar-refractivity contribution in [3.8, 4) is 0 Å². The van der Waals surface area contributed by atoms with E-state index in [-0.39, 0.29) is 0 Å². The average molecular weight is 236 g/mol. The van der Waals surface area contributed by atoms with Crippen molar-refractivity contribution in [2.24, 2.45) is 0 Å². The van der Waals surface area contributed by atoms with Gasteiger partial charge >= 0.3 is 0 Å². The summed E-state index contributed by atoms with van der Waals surface area (Å²) in [4.78, 5) is 13.9. The van der Waals surface area contributed by atoms with Gasteiger partial charge in [-0.1, -0.05) is 11.6 Å². The van der Waals surface area contributed by atoms with Crippen molar-refractivity contribution in [2.45, 2.75) is 37.8 Å². The number of fused-ring (bicyclic) bond motifs is 2. The van der Waals surface area contributed by atoms with Crippen LogP contribution in [0.25, 0.3) is 0 Å². The molecule has 16 heavy (non-hydrogen) atoms. The van der Waals surface area contributed by atoms with E-state index in [1.165, 1.54) is 5.69 Å². The van der Waals surface area contributed by atoms with Crippen molar-refractivity contribution >= 4 is 23.1 Å². The number of nitrogens with zero attached hydrogens (tertiary/aromatic N) is 1. The molecule has 0 radical (unpaired) electrons. The zero-order valence-electron chi connectivity index (χ0n) is 9.03. The minimum absolute atomic E-state index is 0.424. The molecule has 2 heterocycles. The molecule has 2 saturated heterocycles. The monoisotopic (exact) mass is 235 g/mol. The van der Waals surface area contributed by atoms with Crippen LogP contribution in [-0.4, -0.2) is 17.9 Å². The summed E-state index contributed by atoms with van der Waals surface area (Å²) in [6.07, 6.45) is 3.75. The van der Waals surface area contributed by atoms with Crippen LogP contribution in [-0.2, 0) is 4.79 Å². The first-order valence-electron chi connectivity index (χ1n) is 5.79. The third-order valence-electron chi connectivity index (χ3n) is 3.67. The van der Waals surface area contributed by atoms with E-state index >= 15 is 0 Å². The predicted octanol–water partition coefficient (Wildman–Crippen LogP) is 3.04. The number of carbonyl (C=O) groups excluding carboxylic acids is 1. The molecule has 0 aliphatic carbocycles. The highest BCUT2D eigenvalue weighted by Crippen LogP contribution is 2.38. The van der Waals surface area contributed by atoms with Gasteiger partial charge in [-0.25, -0.2) is 0 Å². The predicted molar refractivity (Wildman–Crippen MR) is 65.0 cm³/mol. The molecular weight excluding hydrogens is 222 g/mol. The summed E-state index contributed by atoms with van der Waals surface area (Å²) in [5, 5.41) is 0.768. The maximum absolute atomic E-state index is 11.5. The molecule has 0 spiro atoms. The first-order chi connectivity index (χ1) is 7.74. The summed E-state index contributed by atoms with van der Waals surface area (Å²) >= 11 is 5.89. The van der Waals surface area contributed by atoms with Gasteiger partial charge < -0.3 is 4.90 Å². The van der Waals surface area contributed by atoms with E-state index in [2.05, 4.69) is 17.0 Å². The molecule has 0 N–H and O–H groups in total. The fourth-order valence-corrected chi connectivity index (χ4v) is 3.13. The number of hydrogen-bond acceptors (Lipinski definition) is 2. The van der Waals surface area contributed by atoms with Crippen molar-refractivity contribution in [2.75, 3.05) is 4.90 Å². The van der Waals surface area contributed by atoms with Crippen LogP contribution in [0, 0.1) is 0 Å². The number of anilines is 1. The number of carbonyl (C=O) groups is 1. The van der Waals surface area contributed by atoms with Gasteiger partial charge in [-0.3, -0.25) is 4.79 Å². The van der Waals surface area contributed by atoms with Gasteiger partial charge in [0.15, 0.2) is 0 Å². The Balaban J connectivity index is 1.90. The van der Waals surface area contributed by atoms with Crippen LogP contribution >= 0.6 is 11.6 Å². The normalized spacial score (nSPS) is 28.6. The van der Waals surface area contributed by atoms with Crippen molar-refractivity contribution in [3.63, 3.8) is 0 Å². The topological polar surface area (TPSA) is 20.3 Å². The van der Waals surface area contributed by atoms with Gasteiger partial charge in [0, 0.05) is 35.6 Å².